The van der Waals surface area contributed by atoms with Crippen molar-refractivity contribution in [1.29, 1.82) is 0 Å². The molecule has 1 N–H and O–H groups in total. The molecule has 2 aromatic rings. The fourth-order valence-corrected chi connectivity index (χ4v) is 3.27. The summed E-state index contributed by atoms with van der Waals surface area (Å²) in [6.45, 7) is 6.86. The maximum absolute atomic E-state index is 13.2. The van der Waals surface area contributed by atoms with E-state index < -0.39 is 11.7 Å². The number of nitrogens with zero attached hydrogens (tertiary/aromatic N) is 2. The molecule has 29 heavy (non-hydrogen) atoms. The fraction of sp³-hybridized carbons (Fsp3) is 0.524. The van der Waals surface area contributed by atoms with Crippen LogP contribution in [0.25, 0.3) is 11.3 Å². The first-order valence-corrected chi connectivity index (χ1v) is 9.68. The summed E-state index contributed by atoms with van der Waals surface area (Å²) in [7, 11) is 1.62. The zero-order valence-electron chi connectivity index (χ0n) is 17.3. The molecule has 1 aliphatic heterocycles. The molecule has 1 aliphatic rings. The summed E-state index contributed by atoms with van der Waals surface area (Å²) in [6, 6.07) is 5.84. The Hall–Kier alpha value is -2.45. The highest BCUT2D eigenvalue weighted by Crippen LogP contribution is 2.34. The predicted octanol–water partition coefficient (Wildman–Crippen LogP) is 3.93. The van der Waals surface area contributed by atoms with Gasteiger partial charge in [0.05, 0.1) is 37.6 Å². The van der Waals surface area contributed by atoms with Crippen molar-refractivity contribution < 1.29 is 23.4 Å². The number of aromatic nitrogens is 2. The van der Waals surface area contributed by atoms with Crippen LogP contribution in [0.15, 0.2) is 30.5 Å². The van der Waals surface area contributed by atoms with Gasteiger partial charge in [0.15, 0.2) is 0 Å². The van der Waals surface area contributed by atoms with E-state index >= 15 is 0 Å². The lowest BCUT2D eigenvalue weighted by Crippen LogP contribution is -2.37. The van der Waals surface area contributed by atoms with Crippen molar-refractivity contribution in [2.75, 3.05) is 26.9 Å². The first-order valence-electron chi connectivity index (χ1n) is 9.68. The zero-order valence-corrected chi connectivity index (χ0v) is 17.3. The Morgan fingerprint density at radius 1 is 1.28 bits per heavy atom. The molecule has 0 aliphatic carbocycles. The van der Waals surface area contributed by atoms with Gasteiger partial charge in [-0.1, -0.05) is 0 Å². The number of halogens is 1. The summed E-state index contributed by atoms with van der Waals surface area (Å²) < 4.78 is 29.7. The lowest BCUT2D eigenvalue weighted by atomic mass is 10.1. The van der Waals surface area contributed by atoms with Crippen LogP contribution in [0.3, 0.4) is 0 Å². The third kappa shape index (κ3) is 5.55. The number of likely N-dealkylation sites (tertiary alicyclic amines) is 1. The highest BCUT2D eigenvalue weighted by Gasteiger charge is 2.40. The molecular formula is C21H28FN3O4. The molecule has 2 atom stereocenters. The van der Waals surface area contributed by atoms with E-state index in [1.807, 2.05) is 20.8 Å². The monoisotopic (exact) mass is 405 g/mol. The summed E-state index contributed by atoms with van der Waals surface area (Å²) in [5, 5.41) is 0. The van der Waals surface area contributed by atoms with Crippen LogP contribution in [0.4, 0.5) is 9.18 Å². The number of benzene rings is 1. The van der Waals surface area contributed by atoms with E-state index in [9.17, 15) is 9.18 Å². The first kappa shape index (κ1) is 21.3. The SMILES string of the molecule is COCCO[C@@H]1C[C@@H](c2nc(-c3ccc(F)cc3)c[nH]2)N(C(=O)OC(C)(C)C)C1. The Bertz CT molecular complexity index is 816. The van der Waals surface area contributed by atoms with Crippen molar-refractivity contribution in [2.45, 2.75) is 44.9 Å². The first-order chi connectivity index (χ1) is 13.8. The number of rotatable bonds is 6. The smallest absolute Gasteiger partial charge is 0.411 e. The molecule has 1 saturated heterocycles. The molecule has 0 saturated carbocycles. The molecule has 1 amide bonds. The van der Waals surface area contributed by atoms with Gasteiger partial charge in [0.1, 0.15) is 17.2 Å². The number of hydrogen-bond donors (Lipinski definition) is 1. The van der Waals surface area contributed by atoms with Crippen LogP contribution in [-0.4, -0.2) is 59.5 Å². The summed E-state index contributed by atoms with van der Waals surface area (Å²) in [5.41, 5.74) is 0.885. The molecular weight excluding hydrogens is 377 g/mol. The van der Waals surface area contributed by atoms with Gasteiger partial charge in [0.2, 0.25) is 0 Å². The lowest BCUT2D eigenvalue weighted by molar-refractivity contribution is 0.00894. The molecule has 1 fully saturated rings. The number of carbonyl (C=O) groups excluding carboxylic acids is 1. The zero-order chi connectivity index (χ0) is 21.0. The van der Waals surface area contributed by atoms with E-state index in [4.69, 9.17) is 14.2 Å². The largest absolute Gasteiger partial charge is 0.444 e. The Labute approximate surface area is 170 Å². The number of hydrogen-bond acceptors (Lipinski definition) is 5. The Kier molecular flexibility index (Phi) is 6.54. The normalized spacial score (nSPS) is 19.6. The Morgan fingerprint density at radius 3 is 2.66 bits per heavy atom. The maximum Gasteiger partial charge on any atom is 0.411 e. The second kappa shape index (κ2) is 8.92. The predicted molar refractivity (Wildman–Crippen MR) is 106 cm³/mol. The topological polar surface area (TPSA) is 76.7 Å². The minimum atomic E-state index is -0.598. The van der Waals surface area contributed by atoms with E-state index in [1.54, 1.807) is 30.3 Å². The van der Waals surface area contributed by atoms with Crippen LogP contribution in [0, 0.1) is 5.82 Å². The maximum atomic E-state index is 13.2. The highest BCUT2D eigenvalue weighted by molar-refractivity contribution is 5.69. The van der Waals surface area contributed by atoms with Crippen molar-refractivity contribution in [3.05, 3.63) is 42.1 Å². The molecule has 7 nitrogen and oxygen atoms in total. The van der Waals surface area contributed by atoms with Crippen LogP contribution < -0.4 is 0 Å². The summed E-state index contributed by atoms with van der Waals surface area (Å²) in [5.74, 6) is 0.348. The van der Waals surface area contributed by atoms with Gasteiger partial charge in [0, 0.05) is 25.3 Å². The van der Waals surface area contributed by atoms with Gasteiger partial charge in [-0.2, -0.15) is 0 Å². The standard InChI is InChI=1S/C21H28FN3O4/c1-21(2,3)29-20(26)25-13-16(28-10-9-27-4)11-18(25)19-23-12-17(24-19)14-5-7-15(22)8-6-14/h5-8,12,16,18H,9-11,13H2,1-4H3,(H,23,24)/t16-,18+/m1/s1. The van der Waals surface area contributed by atoms with Crippen LogP contribution >= 0.6 is 0 Å². The number of imidazole rings is 1. The third-order valence-electron chi connectivity index (χ3n) is 4.59. The van der Waals surface area contributed by atoms with Gasteiger partial charge in [-0.05, 0) is 45.0 Å². The molecule has 1 aromatic heterocycles. The molecule has 0 radical (unpaired) electrons. The number of amides is 1. The quantitative estimate of drug-likeness (QED) is 0.737. The van der Waals surface area contributed by atoms with Gasteiger partial charge in [-0.15, -0.1) is 0 Å². The molecule has 0 bridgehead atoms. The summed E-state index contributed by atoms with van der Waals surface area (Å²) in [4.78, 5) is 22.2. The number of ether oxygens (including phenoxy) is 3. The molecule has 158 valence electrons. The van der Waals surface area contributed by atoms with E-state index in [2.05, 4.69) is 9.97 Å². The van der Waals surface area contributed by atoms with Gasteiger partial charge in [-0.3, -0.25) is 4.90 Å². The van der Waals surface area contributed by atoms with E-state index in [1.165, 1.54) is 12.1 Å². The number of carbonyl (C=O) groups is 1. The number of aromatic amines is 1. The number of H-pyrrole nitrogens is 1. The van der Waals surface area contributed by atoms with Crippen LogP contribution in [0.2, 0.25) is 0 Å². The fourth-order valence-electron chi connectivity index (χ4n) is 3.27. The van der Waals surface area contributed by atoms with E-state index in [0.717, 1.165) is 5.56 Å². The van der Waals surface area contributed by atoms with Crippen molar-refractivity contribution in [3.63, 3.8) is 0 Å². The second-order valence-corrected chi connectivity index (χ2v) is 8.05. The number of methoxy groups -OCH3 is 1. The van der Waals surface area contributed by atoms with Crippen LogP contribution in [0.1, 0.15) is 39.1 Å². The molecule has 8 heteroatoms. The Balaban J connectivity index is 1.79. The summed E-state index contributed by atoms with van der Waals surface area (Å²) >= 11 is 0. The molecule has 0 spiro atoms. The third-order valence-corrected chi connectivity index (χ3v) is 4.59. The molecule has 3 rings (SSSR count). The minimum absolute atomic E-state index is 0.137. The minimum Gasteiger partial charge on any atom is -0.444 e. The van der Waals surface area contributed by atoms with Gasteiger partial charge < -0.3 is 19.2 Å². The van der Waals surface area contributed by atoms with Crippen LogP contribution in [-0.2, 0) is 14.2 Å². The molecule has 1 aromatic carbocycles. The van der Waals surface area contributed by atoms with E-state index in [-0.39, 0.29) is 18.0 Å². The van der Waals surface area contributed by atoms with Gasteiger partial charge in [-0.25, -0.2) is 14.2 Å². The lowest BCUT2D eigenvalue weighted by Gasteiger charge is -2.27. The van der Waals surface area contributed by atoms with Crippen LogP contribution in [0.5, 0.6) is 0 Å². The van der Waals surface area contributed by atoms with Gasteiger partial charge >= 0.3 is 6.09 Å². The van der Waals surface area contributed by atoms with E-state index in [0.29, 0.717) is 37.7 Å². The van der Waals surface area contributed by atoms with Crippen molar-refractivity contribution in [3.8, 4) is 11.3 Å². The average Bonchev–Trinajstić information content (AvgIpc) is 3.28. The van der Waals surface area contributed by atoms with Crippen molar-refractivity contribution in [1.82, 2.24) is 14.9 Å². The number of nitrogens with one attached hydrogen (secondary N) is 1. The second-order valence-electron chi connectivity index (χ2n) is 8.05. The Morgan fingerprint density at radius 2 is 2.00 bits per heavy atom. The highest BCUT2D eigenvalue weighted by atomic mass is 19.1. The average molecular weight is 405 g/mol. The van der Waals surface area contributed by atoms with Gasteiger partial charge in [0.25, 0.3) is 0 Å². The molecule has 0 unspecified atom stereocenters. The van der Waals surface area contributed by atoms with Crippen molar-refractivity contribution in [2.24, 2.45) is 0 Å². The molecule has 2 heterocycles. The van der Waals surface area contributed by atoms with Crippen molar-refractivity contribution >= 4 is 6.09 Å². The summed E-state index contributed by atoms with van der Waals surface area (Å²) in [6.07, 6.45) is 1.82.